The number of amides is 1. The number of ether oxygens (including phenoxy) is 1. The molecule has 0 saturated carbocycles. The van der Waals surface area contributed by atoms with Crippen LogP contribution in [0.5, 0.6) is 5.75 Å². The van der Waals surface area contributed by atoms with Crippen LogP contribution in [-0.2, 0) is 6.61 Å². The lowest BCUT2D eigenvalue weighted by Gasteiger charge is -2.04. The predicted octanol–water partition coefficient (Wildman–Crippen LogP) is 2.16. The highest BCUT2D eigenvalue weighted by molar-refractivity contribution is 7.10. The van der Waals surface area contributed by atoms with E-state index in [-0.39, 0.29) is 6.61 Å². The molecule has 21 heavy (non-hydrogen) atoms. The van der Waals surface area contributed by atoms with Crippen molar-refractivity contribution in [2.45, 2.75) is 13.0 Å². The number of aliphatic hydroxyl groups is 1. The summed E-state index contributed by atoms with van der Waals surface area (Å²) in [5, 5.41) is 10.6. The first-order valence-corrected chi connectivity index (χ1v) is 7.27. The molecule has 0 aliphatic rings. The average Bonchev–Trinajstić information content (AvgIpc) is 2.94. The number of carbonyl (C=O) groups excluding carboxylic acids is 1. The highest BCUT2D eigenvalue weighted by Crippen LogP contribution is 2.18. The van der Waals surface area contributed by atoms with Crippen LogP contribution >= 0.6 is 11.3 Å². The molecule has 1 amide bonds. The SMILES string of the molecule is NC(=O)c1ccc(OCc2cc(C#CCCO)cs2)cc1. The smallest absolute Gasteiger partial charge is 0.248 e. The van der Waals surface area contributed by atoms with E-state index >= 15 is 0 Å². The first-order valence-electron chi connectivity index (χ1n) is 6.39. The van der Waals surface area contributed by atoms with Crippen molar-refractivity contribution in [3.63, 3.8) is 0 Å². The number of nitrogens with two attached hydrogens (primary N) is 1. The maximum Gasteiger partial charge on any atom is 0.248 e. The first-order chi connectivity index (χ1) is 10.2. The van der Waals surface area contributed by atoms with Crippen LogP contribution in [0, 0.1) is 11.8 Å². The van der Waals surface area contributed by atoms with Gasteiger partial charge in [-0.1, -0.05) is 11.8 Å². The molecule has 108 valence electrons. The molecular formula is C16H15NO3S. The van der Waals surface area contributed by atoms with Crippen molar-refractivity contribution in [2.24, 2.45) is 5.73 Å². The van der Waals surface area contributed by atoms with E-state index < -0.39 is 5.91 Å². The Morgan fingerprint density at radius 3 is 2.76 bits per heavy atom. The van der Waals surface area contributed by atoms with Gasteiger partial charge in [0.2, 0.25) is 5.91 Å². The molecule has 0 fully saturated rings. The van der Waals surface area contributed by atoms with Gasteiger partial charge in [-0.05, 0) is 30.3 Å². The number of hydrogen-bond donors (Lipinski definition) is 2. The van der Waals surface area contributed by atoms with Crippen LogP contribution in [0.25, 0.3) is 0 Å². The molecule has 0 aliphatic carbocycles. The molecule has 1 aromatic heterocycles. The summed E-state index contributed by atoms with van der Waals surface area (Å²) in [4.78, 5) is 12.0. The van der Waals surface area contributed by atoms with Gasteiger partial charge >= 0.3 is 0 Å². The van der Waals surface area contributed by atoms with Crippen LogP contribution in [-0.4, -0.2) is 17.6 Å². The summed E-state index contributed by atoms with van der Waals surface area (Å²) in [5.41, 5.74) is 6.56. The zero-order valence-corrected chi connectivity index (χ0v) is 12.2. The van der Waals surface area contributed by atoms with E-state index in [4.69, 9.17) is 15.6 Å². The zero-order chi connectivity index (χ0) is 15.1. The van der Waals surface area contributed by atoms with E-state index in [9.17, 15) is 4.79 Å². The van der Waals surface area contributed by atoms with Gasteiger partial charge in [0.25, 0.3) is 0 Å². The molecule has 2 rings (SSSR count). The molecule has 0 aliphatic heterocycles. The zero-order valence-electron chi connectivity index (χ0n) is 11.3. The second-order valence-electron chi connectivity index (χ2n) is 4.25. The minimum Gasteiger partial charge on any atom is -0.488 e. The van der Waals surface area contributed by atoms with Crippen molar-refractivity contribution < 1.29 is 14.6 Å². The van der Waals surface area contributed by atoms with Crippen LogP contribution in [0.1, 0.15) is 27.2 Å². The second kappa shape index (κ2) is 7.48. The molecule has 2 aromatic rings. The molecule has 3 N–H and O–H groups in total. The topological polar surface area (TPSA) is 72.6 Å². The third kappa shape index (κ3) is 4.63. The number of hydrogen-bond acceptors (Lipinski definition) is 4. The maximum atomic E-state index is 11.0. The Kier molecular flexibility index (Phi) is 5.38. The molecule has 0 spiro atoms. The predicted molar refractivity (Wildman–Crippen MR) is 82.2 cm³/mol. The number of aliphatic hydroxyl groups excluding tert-OH is 1. The van der Waals surface area contributed by atoms with Gasteiger partial charge in [-0.15, -0.1) is 11.3 Å². The lowest BCUT2D eigenvalue weighted by atomic mass is 10.2. The van der Waals surface area contributed by atoms with Gasteiger partial charge in [-0.2, -0.15) is 0 Å². The molecule has 0 atom stereocenters. The summed E-state index contributed by atoms with van der Waals surface area (Å²) >= 11 is 1.57. The Morgan fingerprint density at radius 2 is 2.10 bits per heavy atom. The van der Waals surface area contributed by atoms with Crippen LogP contribution < -0.4 is 10.5 Å². The molecule has 0 bridgehead atoms. The van der Waals surface area contributed by atoms with Crippen molar-refractivity contribution >= 4 is 17.2 Å². The first kappa shape index (κ1) is 15.1. The molecule has 0 saturated heterocycles. The number of carbonyl (C=O) groups is 1. The van der Waals surface area contributed by atoms with Gasteiger partial charge in [-0.25, -0.2) is 0 Å². The summed E-state index contributed by atoms with van der Waals surface area (Å²) in [7, 11) is 0. The van der Waals surface area contributed by atoms with Crippen LogP contribution in [0.4, 0.5) is 0 Å². The lowest BCUT2D eigenvalue weighted by Crippen LogP contribution is -2.10. The van der Waals surface area contributed by atoms with Crippen molar-refractivity contribution in [2.75, 3.05) is 6.61 Å². The minimum absolute atomic E-state index is 0.0778. The summed E-state index contributed by atoms with van der Waals surface area (Å²) in [6.45, 7) is 0.524. The highest BCUT2D eigenvalue weighted by Gasteiger charge is 2.02. The Labute approximate surface area is 127 Å². The van der Waals surface area contributed by atoms with Crippen molar-refractivity contribution in [1.29, 1.82) is 0 Å². The summed E-state index contributed by atoms with van der Waals surface area (Å²) in [5.74, 6) is 6.08. The van der Waals surface area contributed by atoms with Gasteiger partial charge in [0.1, 0.15) is 12.4 Å². The Hall–Kier alpha value is -2.29. The van der Waals surface area contributed by atoms with E-state index in [0.717, 1.165) is 10.4 Å². The fourth-order valence-electron chi connectivity index (χ4n) is 1.61. The molecule has 5 heteroatoms. The number of benzene rings is 1. The Morgan fingerprint density at radius 1 is 1.33 bits per heavy atom. The van der Waals surface area contributed by atoms with Crippen LogP contribution in [0.2, 0.25) is 0 Å². The normalized spacial score (nSPS) is 9.76. The van der Waals surface area contributed by atoms with E-state index in [1.54, 1.807) is 35.6 Å². The molecule has 4 nitrogen and oxygen atoms in total. The minimum atomic E-state index is -0.453. The average molecular weight is 301 g/mol. The Balaban J connectivity index is 1.91. The molecule has 1 heterocycles. The molecule has 0 radical (unpaired) electrons. The van der Waals surface area contributed by atoms with Crippen LogP contribution in [0.15, 0.2) is 35.7 Å². The van der Waals surface area contributed by atoms with Gasteiger partial charge in [0, 0.05) is 27.8 Å². The highest BCUT2D eigenvalue weighted by atomic mass is 32.1. The van der Waals surface area contributed by atoms with Crippen LogP contribution in [0.3, 0.4) is 0 Å². The molecular weight excluding hydrogens is 286 g/mol. The third-order valence-electron chi connectivity index (χ3n) is 2.64. The van der Waals surface area contributed by atoms with E-state index in [2.05, 4.69) is 11.8 Å². The van der Waals surface area contributed by atoms with Crippen molar-refractivity contribution in [1.82, 2.24) is 0 Å². The lowest BCUT2D eigenvalue weighted by molar-refractivity contribution is 0.1000. The number of thiophene rings is 1. The standard InChI is InChI=1S/C16H15NO3S/c17-16(19)13-4-6-14(7-5-13)20-10-15-9-12(11-21-15)3-1-2-8-18/h4-7,9,11,18H,2,8,10H2,(H2,17,19). The summed E-state index contributed by atoms with van der Waals surface area (Å²) < 4.78 is 5.64. The maximum absolute atomic E-state index is 11.0. The van der Waals surface area contributed by atoms with Gasteiger partial charge in [0.05, 0.1) is 6.61 Å². The summed E-state index contributed by atoms with van der Waals surface area (Å²) in [6, 6.07) is 8.67. The van der Waals surface area contributed by atoms with Gasteiger partial charge < -0.3 is 15.6 Å². The fourth-order valence-corrected chi connectivity index (χ4v) is 2.34. The quantitative estimate of drug-likeness (QED) is 0.831. The van der Waals surface area contributed by atoms with Gasteiger partial charge in [-0.3, -0.25) is 4.79 Å². The monoisotopic (exact) mass is 301 g/mol. The van der Waals surface area contributed by atoms with E-state index in [0.29, 0.717) is 24.3 Å². The van der Waals surface area contributed by atoms with Gasteiger partial charge in [0.15, 0.2) is 0 Å². The van der Waals surface area contributed by atoms with Crippen molar-refractivity contribution in [3.8, 4) is 17.6 Å². The second-order valence-corrected chi connectivity index (χ2v) is 5.25. The Bertz CT molecular complexity index is 665. The van der Waals surface area contributed by atoms with E-state index in [1.807, 2.05) is 11.4 Å². The van der Waals surface area contributed by atoms with E-state index in [1.165, 1.54) is 0 Å². The third-order valence-corrected chi connectivity index (χ3v) is 3.55. The van der Waals surface area contributed by atoms with Crippen molar-refractivity contribution in [3.05, 3.63) is 51.7 Å². The largest absolute Gasteiger partial charge is 0.488 e. The molecule has 1 aromatic carbocycles. The fraction of sp³-hybridized carbons (Fsp3) is 0.188. The number of primary amides is 1. The molecule has 0 unspecified atom stereocenters. The summed E-state index contributed by atoms with van der Waals surface area (Å²) in [6.07, 6.45) is 0.480. The number of rotatable bonds is 5.